The second kappa shape index (κ2) is 7.69. The first-order valence-corrected chi connectivity index (χ1v) is 13.2. The lowest BCUT2D eigenvalue weighted by Gasteiger charge is -2.36. The van der Waals surface area contributed by atoms with E-state index in [1.165, 1.54) is 18.2 Å². The Bertz CT molecular complexity index is 1300. The molecule has 0 aromatic heterocycles. The third-order valence-corrected chi connectivity index (χ3v) is 9.73. The molecule has 1 saturated heterocycles. The van der Waals surface area contributed by atoms with Crippen LogP contribution in [0.3, 0.4) is 0 Å². The molecule has 2 saturated carbocycles. The van der Waals surface area contributed by atoms with Crippen molar-refractivity contribution in [3.8, 4) is 0 Å². The number of carbonyl (C=O) groups is 5. The molecule has 5 rings (SSSR count). The van der Waals surface area contributed by atoms with Crippen molar-refractivity contribution in [2.24, 2.45) is 16.7 Å². The Hall–Kier alpha value is -3.12. The quantitative estimate of drug-likeness (QED) is 0.550. The number of imide groups is 2. The number of benzene rings is 1. The van der Waals surface area contributed by atoms with Crippen LogP contribution >= 0.6 is 0 Å². The van der Waals surface area contributed by atoms with Crippen LogP contribution < -0.4 is 10.0 Å². The molecule has 11 nitrogen and oxygen atoms in total. The van der Waals surface area contributed by atoms with Gasteiger partial charge < -0.3 is 0 Å². The highest BCUT2D eigenvalue weighted by Gasteiger charge is 2.65. The number of carbonyl (C=O) groups excluding carboxylic acids is 5. The molecule has 2 heterocycles. The zero-order valence-electron chi connectivity index (χ0n) is 19.4. The second-order valence-corrected chi connectivity index (χ2v) is 12.1. The maximum atomic E-state index is 13.0. The number of amides is 5. The molecule has 4 aliphatic rings. The van der Waals surface area contributed by atoms with Gasteiger partial charge in [0.25, 0.3) is 11.8 Å². The zero-order chi connectivity index (χ0) is 25.3. The molecule has 186 valence electrons. The molecule has 2 aliphatic carbocycles. The van der Waals surface area contributed by atoms with Crippen molar-refractivity contribution < 1.29 is 32.4 Å². The van der Waals surface area contributed by atoms with Crippen LogP contribution in [0.4, 0.5) is 4.79 Å². The number of ketones is 1. The fraction of sp³-hybridized carbons (Fsp3) is 0.522. The first-order valence-electron chi connectivity index (χ1n) is 11.5. The van der Waals surface area contributed by atoms with Gasteiger partial charge in [0.1, 0.15) is 5.78 Å². The molecule has 2 atom stereocenters. The number of Topliss-reactive ketones (excluding diaryl/α,β-unsaturated/α-hetero) is 1. The van der Waals surface area contributed by atoms with Crippen LogP contribution in [-0.2, 0) is 26.2 Å². The molecule has 35 heavy (non-hydrogen) atoms. The topological polar surface area (TPSA) is 150 Å². The van der Waals surface area contributed by atoms with Gasteiger partial charge in [-0.1, -0.05) is 19.9 Å². The maximum absolute atomic E-state index is 13.0. The smallest absolute Gasteiger partial charge is 0.299 e. The summed E-state index contributed by atoms with van der Waals surface area (Å²) in [7, 11) is -3.82. The first-order chi connectivity index (χ1) is 16.4. The number of hydrazine groups is 1. The predicted octanol–water partition coefficient (Wildman–Crippen LogP) is 0.954. The SMILES string of the molecule is CC1(C)[C@@H]2CC[C@]1(CS(=O)(=O)NCc1ccc3c(c1)C(=O)N(N1CCC(=O)NC1=O)C3=O)C(=O)C2. The van der Waals surface area contributed by atoms with Gasteiger partial charge in [0, 0.05) is 24.8 Å². The molecule has 3 fully saturated rings. The summed E-state index contributed by atoms with van der Waals surface area (Å²) in [6.45, 7) is 3.71. The Morgan fingerprint density at radius 1 is 1.09 bits per heavy atom. The number of nitrogens with zero attached hydrogens (tertiary/aromatic N) is 2. The minimum Gasteiger partial charge on any atom is -0.299 e. The van der Waals surface area contributed by atoms with Crippen molar-refractivity contribution in [2.45, 2.75) is 46.1 Å². The normalized spacial score (nSPS) is 27.6. The Balaban J connectivity index is 1.31. The van der Waals surface area contributed by atoms with Gasteiger partial charge >= 0.3 is 6.03 Å². The van der Waals surface area contributed by atoms with Gasteiger partial charge in [-0.25, -0.2) is 22.9 Å². The van der Waals surface area contributed by atoms with Crippen LogP contribution in [0.2, 0.25) is 0 Å². The second-order valence-electron chi connectivity index (χ2n) is 10.3. The molecule has 2 bridgehead atoms. The van der Waals surface area contributed by atoms with Crippen molar-refractivity contribution in [1.29, 1.82) is 0 Å². The highest BCUT2D eigenvalue weighted by Crippen LogP contribution is 2.64. The summed E-state index contributed by atoms with van der Waals surface area (Å²) >= 11 is 0. The summed E-state index contributed by atoms with van der Waals surface area (Å²) in [6, 6.07) is 3.50. The third kappa shape index (κ3) is 3.49. The number of hydrogen-bond donors (Lipinski definition) is 2. The highest BCUT2D eigenvalue weighted by atomic mass is 32.2. The minimum absolute atomic E-state index is 0.00862. The van der Waals surface area contributed by atoms with E-state index >= 15 is 0 Å². The first kappa shape index (κ1) is 23.6. The molecule has 2 N–H and O–H groups in total. The number of nitrogens with one attached hydrogen (secondary N) is 2. The monoisotopic (exact) mass is 502 g/mol. The van der Waals surface area contributed by atoms with E-state index in [0.717, 1.165) is 11.4 Å². The lowest BCUT2D eigenvalue weighted by molar-refractivity contribution is -0.128. The molecule has 12 heteroatoms. The molecular weight excluding hydrogens is 476 g/mol. The zero-order valence-corrected chi connectivity index (χ0v) is 20.2. The molecule has 0 spiro atoms. The highest BCUT2D eigenvalue weighted by molar-refractivity contribution is 7.89. The maximum Gasteiger partial charge on any atom is 0.343 e. The summed E-state index contributed by atoms with van der Waals surface area (Å²) in [5.41, 5.74) is -0.692. The number of sulfonamides is 1. The van der Waals surface area contributed by atoms with Gasteiger partial charge in [0.15, 0.2) is 0 Å². The van der Waals surface area contributed by atoms with Gasteiger partial charge in [-0.3, -0.25) is 24.5 Å². The van der Waals surface area contributed by atoms with E-state index < -0.39 is 39.2 Å². The van der Waals surface area contributed by atoms with Crippen LogP contribution in [0.15, 0.2) is 18.2 Å². The number of hydrogen-bond acceptors (Lipinski definition) is 7. The fourth-order valence-corrected chi connectivity index (χ4v) is 7.84. The Kier molecular flexibility index (Phi) is 5.19. The van der Waals surface area contributed by atoms with Crippen molar-refractivity contribution in [3.63, 3.8) is 0 Å². The van der Waals surface area contributed by atoms with E-state index in [9.17, 15) is 32.4 Å². The average Bonchev–Trinajstić information content (AvgIpc) is 3.24. The molecule has 1 aromatic rings. The summed E-state index contributed by atoms with van der Waals surface area (Å²) in [5, 5.41) is 3.66. The van der Waals surface area contributed by atoms with E-state index in [0.29, 0.717) is 23.4 Å². The predicted molar refractivity (Wildman–Crippen MR) is 121 cm³/mol. The molecule has 0 radical (unpaired) electrons. The van der Waals surface area contributed by atoms with Gasteiger partial charge in [-0.2, -0.15) is 5.01 Å². The standard InChI is InChI=1S/C23H26N4O7S/c1-22(2)14-5-7-23(22,17(28)10-14)12-35(33,34)24-11-13-3-4-15-16(9-13)20(31)27(19(15)30)26-8-6-18(29)25-21(26)32/h3-4,9,14,24H,5-8,10-12H2,1-2H3,(H,25,29,32)/t14-,23+/m1/s1. The van der Waals surface area contributed by atoms with Crippen molar-refractivity contribution in [3.05, 3.63) is 34.9 Å². The minimum atomic E-state index is -3.82. The van der Waals surface area contributed by atoms with Crippen LogP contribution in [-0.4, -0.2) is 60.3 Å². The van der Waals surface area contributed by atoms with Gasteiger partial charge in [0.2, 0.25) is 15.9 Å². The third-order valence-electron chi connectivity index (χ3n) is 8.27. The van der Waals surface area contributed by atoms with E-state index in [1.54, 1.807) is 0 Å². The fourth-order valence-electron chi connectivity index (χ4n) is 6.03. The van der Waals surface area contributed by atoms with Gasteiger partial charge in [-0.15, -0.1) is 0 Å². The molecule has 2 aliphatic heterocycles. The Morgan fingerprint density at radius 3 is 2.43 bits per heavy atom. The summed E-state index contributed by atoms with van der Waals surface area (Å²) in [4.78, 5) is 61.9. The summed E-state index contributed by atoms with van der Waals surface area (Å²) < 4.78 is 28.5. The van der Waals surface area contributed by atoms with Crippen LogP contribution in [0.5, 0.6) is 0 Å². The largest absolute Gasteiger partial charge is 0.343 e. The van der Waals surface area contributed by atoms with Crippen LogP contribution in [0, 0.1) is 16.7 Å². The van der Waals surface area contributed by atoms with Crippen molar-refractivity contribution in [1.82, 2.24) is 20.1 Å². The van der Waals surface area contributed by atoms with E-state index in [-0.39, 0.29) is 53.5 Å². The summed E-state index contributed by atoms with van der Waals surface area (Å²) in [5.74, 6) is -1.98. The van der Waals surface area contributed by atoms with E-state index in [4.69, 9.17) is 0 Å². The molecule has 5 amide bonds. The van der Waals surface area contributed by atoms with Crippen LogP contribution in [0.1, 0.15) is 65.8 Å². The summed E-state index contributed by atoms with van der Waals surface area (Å²) in [6.07, 6.45) is 1.78. The Morgan fingerprint density at radius 2 is 1.80 bits per heavy atom. The lowest BCUT2D eigenvalue weighted by Crippen LogP contribution is -2.58. The number of urea groups is 1. The average molecular weight is 503 g/mol. The molecule has 1 aromatic carbocycles. The van der Waals surface area contributed by atoms with Gasteiger partial charge in [-0.05, 0) is 41.9 Å². The van der Waals surface area contributed by atoms with Gasteiger partial charge in [0.05, 0.1) is 23.4 Å². The van der Waals surface area contributed by atoms with E-state index in [1.807, 2.05) is 13.8 Å². The Labute approximate surface area is 202 Å². The van der Waals surface area contributed by atoms with Crippen molar-refractivity contribution in [2.75, 3.05) is 12.3 Å². The van der Waals surface area contributed by atoms with Crippen molar-refractivity contribution >= 4 is 39.6 Å². The molecule has 0 unspecified atom stereocenters. The number of rotatable bonds is 6. The van der Waals surface area contributed by atoms with Crippen LogP contribution in [0.25, 0.3) is 0 Å². The molecular formula is C23H26N4O7S. The lowest BCUT2D eigenvalue weighted by atomic mass is 9.70. The van der Waals surface area contributed by atoms with E-state index in [2.05, 4.69) is 10.0 Å². The number of fused-ring (bicyclic) bond motifs is 3.